The van der Waals surface area contributed by atoms with Crippen LogP contribution in [0, 0.1) is 0 Å². The van der Waals surface area contributed by atoms with Crippen LogP contribution in [0.3, 0.4) is 0 Å². The molecule has 1 saturated heterocycles. The Labute approximate surface area is 132 Å². The van der Waals surface area contributed by atoms with E-state index in [1.165, 1.54) is 0 Å². The summed E-state index contributed by atoms with van der Waals surface area (Å²) in [6.07, 6.45) is 11.0. The SMILES string of the molecule is CC[C@H]1O[C@@H]2C[C@@H](C=C=CBr)O[C@@H]2C/C=C\C[C@@H]1Br. The minimum absolute atomic E-state index is 0.114. The van der Waals surface area contributed by atoms with E-state index in [1.807, 2.05) is 6.08 Å². The van der Waals surface area contributed by atoms with Crippen LogP contribution in [-0.2, 0) is 9.47 Å². The van der Waals surface area contributed by atoms with Crippen LogP contribution in [0.15, 0.2) is 28.9 Å². The quantitative estimate of drug-likeness (QED) is 0.392. The number of hydrogen-bond acceptors (Lipinski definition) is 2. The van der Waals surface area contributed by atoms with E-state index in [9.17, 15) is 0 Å². The van der Waals surface area contributed by atoms with E-state index in [0.717, 1.165) is 25.7 Å². The number of fused-ring (bicyclic) bond motifs is 1. The van der Waals surface area contributed by atoms with Crippen LogP contribution in [0.4, 0.5) is 0 Å². The van der Waals surface area contributed by atoms with Gasteiger partial charge in [-0.3, -0.25) is 0 Å². The molecule has 0 aliphatic carbocycles. The Bertz CT molecular complexity index is 374. The minimum atomic E-state index is 0.114. The Morgan fingerprint density at radius 3 is 2.79 bits per heavy atom. The minimum Gasteiger partial charge on any atom is -0.371 e. The Kier molecular flexibility index (Phi) is 6.37. The fourth-order valence-electron chi connectivity index (χ4n) is 2.62. The monoisotopic (exact) mass is 390 g/mol. The zero-order valence-corrected chi connectivity index (χ0v) is 14.3. The van der Waals surface area contributed by atoms with Gasteiger partial charge in [-0.25, -0.2) is 0 Å². The fourth-order valence-corrected chi connectivity index (χ4v) is 3.49. The smallest absolute Gasteiger partial charge is 0.0880 e. The molecule has 0 aromatic carbocycles. The van der Waals surface area contributed by atoms with Gasteiger partial charge in [-0.05, 0) is 25.3 Å². The first-order valence-electron chi connectivity index (χ1n) is 6.85. The van der Waals surface area contributed by atoms with E-state index in [2.05, 4.69) is 56.7 Å². The number of ether oxygens (including phenoxy) is 2. The van der Waals surface area contributed by atoms with Gasteiger partial charge in [-0.2, -0.15) is 0 Å². The second-order valence-corrected chi connectivity index (χ2v) is 6.61. The molecule has 2 aliphatic heterocycles. The molecule has 1 fully saturated rings. The lowest BCUT2D eigenvalue weighted by Gasteiger charge is -2.26. The molecule has 2 rings (SSSR count). The van der Waals surface area contributed by atoms with Crippen molar-refractivity contribution in [3.8, 4) is 0 Å². The standard InChI is InChI=1S/C15H20Br2O2/c1-2-13-12(17)7-3-4-8-14-15(19-13)10-11(18-14)6-5-9-16/h3-4,6,9,11-15H,2,7-8,10H2,1H3/b4-3-/t5?,11-,12+,13-,14-,15-/m1/s1. The topological polar surface area (TPSA) is 18.5 Å². The molecule has 0 amide bonds. The molecule has 0 unspecified atom stereocenters. The van der Waals surface area contributed by atoms with E-state index in [-0.39, 0.29) is 24.4 Å². The first-order chi connectivity index (χ1) is 9.24. The van der Waals surface area contributed by atoms with Gasteiger partial charge in [0.15, 0.2) is 0 Å². The lowest BCUT2D eigenvalue weighted by atomic mass is 10.1. The molecule has 0 saturated carbocycles. The van der Waals surface area contributed by atoms with Crippen LogP contribution in [0.5, 0.6) is 0 Å². The summed E-state index contributed by atoms with van der Waals surface area (Å²) in [6.45, 7) is 2.18. The van der Waals surface area contributed by atoms with Crippen LogP contribution in [0.25, 0.3) is 0 Å². The molecule has 4 heteroatoms. The summed E-state index contributed by atoms with van der Waals surface area (Å²) >= 11 is 6.97. The molecule has 106 valence electrons. The Hall–Kier alpha value is 0.140. The zero-order chi connectivity index (χ0) is 13.7. The Morgan fingerprint density at radius 2 is 2.05 bits per heavy atom. The van der Waals surface area contributed by atoms with Gasteiger partial charge < -0.3 is 9.47 Å². The summed E-state index contributed by atoms with van der Waals surface area (Å²) in [6, 6.07) is 0. The van der Waals surface area contributed by atoms with Crippen molar-refractivity contribution in [1.82, 2.24) is 0 Å². The van der Waals surface area contributed by atoms with Gasteiger partial charge in [-0.1, -0.05) is 50.9 Å². The molecule has 0 radical (unpaired) electrons. The van der Waals surface area contributed by atoms with Gasteiger partial charge in [0.05, 0.1) is 24.4 Å². The maximum atomic E-state index is 6.29. The van der Waals surface area contributed by atoms with Crippen LogP contribution in [0.1, 0.15) is 32.6 Å². The molecule has 0 aromatic rings. The van der Waals surface area contributed by atoms with Gasteiger partial charge in [0, 0.05) is 16.2 Å². The van der Waals surface area contributed by atoms with Gasteiger partial charge in [-0.15, -0.1) is 5.73 Å². The Morgan fingerprint density at radius 1 is 1.26 bits per heavy atom. The predicted octanol–water partition coefficient (Wildman–Crippen LogP) is 4.48. The average molecular weight is 392 g/mol. The average Bonchev–Trinajstić information content (AvgIpc) is 2.81. The second-order valence-electron chi connectivity index (χ2n) is 4.97. The molecule has 0 N–H and O–H groups in total. The van der Waals surface area contributed by atoms with Crippen molar-refractivity contribution in [2.75, 3.05) is 0 Å². The van der Waals surface area contributed by atoms with Gasteiger partial charge in [0.1, 0.15) is 0 Å². The van der Waals surface area contributed by atoms with E-state index in [1.54, 1.807) is 4.99 Å². The van der Waals surface area contributed by atoms with Crippen LogP contribution in [0.2, 0.25) is 0 Å². The highest BCUT2D eigenvalue weighted by Gasteiger charge is 2.37. The van der Waals surface area contributed by atoms with E-state index in [4.69, 9.17) is 9.47 Å². The van der Waals surface area contributed by atoms with Crippen molar-refractivity contribution < 1.29 is 9.47 Å². The fraction of sp³-hybridized carbons (Fsp3) is 0.667. The predicted molar refractivity (Wildman–Crippen MR) is 84.9 cm³/mol. The van der Waals surface area contributed by atoms with Crippen molar-refractivity contribution in [3.05, 3.63) is 28.9 Å². The maximum absolute atomic E-state index is 6.29. The van der Waals surface area contributed by atoms with Crippen LogP contribution in [-0.4, -0.2) is 29.2 Å². The highest BCUT2D eigenvalue weighted by Crippen LogP contribution is 2.31. The third-order valence-corrected chi connectivity index (χ3v) is 4.85. The zero-order valence-electron chi connectivity index (χ0n) is 11.1. The molecule has 2 aliphatic rings. The molecule has 5 atom stereocenters. The lowest BCUT2D eigenvalue weighted by molar-refractivity contribution is -0.0522. The highest BCUT2D eigenvalue weighted by atomic mass is 79.9. The molecular formula is C15H20Br2O2. The van der Waals surface area contributed by atoms with Crippen molar-refractivity contribution in [3.63, 3.8) is 0 Å². The van der Waals surface area contributed by atoms with Crippen LogP contribution >= 0.6 is 31.9 Å². The van der Waals surface area contributed by atoms with E-state index in [0.29, 0.717) is 4.83 Å². The number of halogens is 2. The van der Waals surface area contributed by atoms with Crippen molar-refractivity contribution in [2.45, 2.75) is 61.9 Å². The number of alkyl halides is 1. The second kappa shape index (κ2) is 7.80. The number of rotatable bonds is 2. The molecule has 19 heavy (non-hydrogen) atoms. The van der Waals surface area contributed by atoms with Crippen molar-refractivity contribution >= 4 is 31.9 Å². The van der Waals surface area contributed by atoms with Gasteiger partial charge >= 0.3 is 0 Å². The summed E-state index contributed by atoms with van der Waals surface area (Å²) in [5, 5.41) is 0. The first-order valence-corrected chi connectivity index (χ1v) is 8.69. The maximum Gasteiger partial charge on any atom is 0.0880 e. The molecular weight excluding hydrogens is 372 g/mol. The summed E-state index contributed by atoms with van der Waals surface area (Å²) in [4.78, 5) is 2.12. The van der Waals surface area contributed by atoms with Crippen molar-refractivity contribution in [2.24, 2.45) is 0 Å². The van der Waals surface area contributed by atoms with E-state index < -0.39 is 0 Å². The summed E-state index contributed by atoms with van der Waals surface area (Å²) in [5.41, 5.74) is 3.04. The number of allylic oxidation sites excluding steroid dienone is 1. The summed E-state index contributed by atoms with van der Waals surface area (Å²) < 4.78 is 12.3. The molecule has 0 aromatic heterocycles. The lowest BCUT2D eigenvalue weighted by Crippen LogP contribution is -2.32. The summed E-state index contributed by atoms with van der Waals surface area (Å²) in [7, 11) is 0. The Balaban J connectivity index is 2.08. The molecule has 2 nitrogen and oxygen atoms in total. The largest absolute Gasteiger partial charge is 0.371 e. The number of hydrogen-bond donors (Lipinski definition) is 0. The third kappa shape index (κ3) is 4.30. The van der Waals surface area contributed by atoms with E-state index >= 15 is 0 Å². The normalized spacial score (nSPS) is 40.3. The molecule has 0 spiro atoms. The molecule has 0 bridgehead atoms. The van der Waals surface area contributed by atoms with Gasteiger partial charge in [0.25, 0.3) is 0 Å². The third-order valence-electron chi connectivity index (χ3n) is 3.63. The molecule has 2 heterocycles. The van der Waals surface area contributed by atoms with Crippen molar-refractivity contribution in [1.29, 1.82) is 0 Å². The van der Waals surface area contributed by atoms with Crippen LogP contribution < -0.4 is 0 Å². The highest BCUT2D eigenvalue weighted by molar-refractivity contribution is 9.11. The van der Waals surface area contributed by atoms with Gasteiger partial charge in [0.2, 0.25) is 0 Å². The summed E-state index contributed by atoms with van der Waals surface area (Å²) in [5.74, 6) is 0. The first kappa shape index (κ1) is 15.5.